The van der Waals surface area contributed by atoms with Crippen LogP contribution in [0.1, 0.15) is 37.6 Å². The van der Waals surface area contributed by atoms with Gasteiger partial charge in [-0.3, -0.25) is 9.69 Å². The van der Waals surface area contributed by atoms with Crippen LogP contribution in [0, 0.1) is 11.3 Å². The number of halogens is 1. The molecular formula is C19H22BrN3OS. The third-order valence-corrected chi connectivity index (χ3v) is 5.26. The summed E-state index contributed by atoms with van der Waals surface area (Å²) in [5.74, 6) is -0.855. The van der Waals surface area contributed by atoms with E-state index in [1.54, 1.807) is 0 Å². The molecule has 1 aromatic heterocycles. The van der Waals surface area contributed by atoms with Crippen molar-refractivity contribution in [3.8, 4) is 17.3 Å². The number of nitrogens with zero attached hydrogens (tertiary/aromatic N) is 3. The van der Waals surface area contributed by atoms with Gasteiger partial charge in [0.15, 0.2) is 11.7 Å². The third-order valence-electron chi connectivity index (χ3n) is 3.82. The van der Waals surface area contributed by atoms with Crippen molar-refractivity contribution < 1.29 is 4.79 Å². The van der Waals surface area contributed by atoms with E-state index in [1.807, 2.05) is 29.6 Å². The first-order chi connectivity index (χ1) is 12.1. The van der Waals surface area contributed by atoms with E-state index in [9.17, 15) is 10.1 Å². The van der Waals surface area contributed by atoms with E-state index in [-0.39, 0.29) is 5.78 Å². The molecule has 1 atom stereocenters. The van der Waals surface area contributed by atoms with E-state index in [4.69, 9.17) is 0 Å². The van der Waals surface area contributed by atoms with Gasteiger partial charge in [0.05, 0.1) is 18.3 Å². The quantitative estimate of drug-likeness (QED) is 0.581. The lowest BCUT2D eigenvalue weighted by Gasteiger charge is -2.20. The number of hydrogen-bond acceptors (Lipinski definition) is 5. The van der Waals surface area contributed by atoms with Crippen LogP contribution in [0.4, 0.5) is 0 Å². The van der Waals surface area contributed by atoms with Gasteiger partial charge in [0.2, 0.25) is 0 Å². The molecule has 0 fully saturated rings. The first-order valence-electron chi connectivity index (χ1n) is 8.45. The zero-order valence-electron chi connectivity index (χ0n) is 14.5. The van der Waals surface area contributed by atoms with Crippen LogP contribution in [0.2, 0.25) is 0 Å². The van der Waals surface area contributed by atoms with Crippen molar-refractivity contribution >= 4 is 33.0 Å². The molecule has 4 nitrogen and oxygen atoms in total. The zero-order chi connectivity index (χ0) is 18.2. The molecule has 132 valence electrons. The molecule has 2 aromatic rings. The lowest BCUT2D eigenvalue weighted by molar-refractivity contribution is -0.120. The summed E-state index contributed by atoms with van der Waals surface area (Å²) in [7, 11) is 0. The van der Waals surface area contributed by atoms with E-state index in [2.05, 4.69) is 45.7 Å². The Balaban J connectivity index is 2.13. The van der Waals surface area contributed by atoms with Crippen molar-refractivity contribution in [1.82, 2.24) is 9.88 Å². The van der Waals surface area contributed by atoms with Crippen molar-refractivity contribution in [3.63, 3.8) is 0 Å². The molecule has 2 rings (SSSR count). The van der Waals surface area contributed by atoms with E-state index in [0.29, 0.717) is 11.6 Å². The van der Waals surface area contributed by atoms with Crippen molar-refractivity contribution in [3.05, 3.63) is 39.1 Å². The summed E-state index contributed by atoms with van der Waals surface area (Å²) in [4.78, 5) is 19.3. The van der Waals surface area contributed by atoms with Crippen LogP contribution in [-0.4, -0.2) is 35.3 Å². The van der Waals surface area contributed by atoms with Crippen LogP contribution in [0.15, 0.2) is 34.1 Å². The molecule has 0 saturated carbocycles. The number of benzene rings is 1. The molecule has 0 unspecified atom stereocenters. The maximum atomic E-state index is 12.6. The van der Waals surface area contributed by atoms with E-state index < -0.39 is 5.92 Å². The first kappa shape index (κ1) is 19.8. The average molecular weight is 420 g/mol. The minimum absolute atomic E-state index is 0.0684. The number of hydrogen-bond donors (Lipinski definition) is 0. The fourth-order valence-corrected chi connectivity index (χ4v) is 3.81. The number of nitriles is 1. The van der Waals surface area contributed by atoms with E-state index >= 15 is 0 Å². The number of aromatic nitrogens is 1. The molecule has 0 saturated heterocycles. The van der Waals surface area contributed by atoms with Gasteiger partial charge in [-0.25, -0.2) is 4.98 Å². The smallest absolute Gasteiger partial charge is 0.170 e. The highest BCUT2D eigenvalue weighted by atomic mass is 79.9. The van der Waals surface area contributed by atoms with Crippen LogP contribution in [0.3, 0.4) is 0 Å². The fraction of sp³-hybridized carbons (Fsp3) is 0.421. The van der Waals surface area contributed by atoms with Crippen LogP contribution >= 0.6 is 27.3 Å². The Hall–Kier alpha value is -1.55. The maximum Gasteiger partial charge on any atom is 0.170 e. The van der Waals surface area contributed by atoms with Gasteiger partial charge in [-0.2, -0.15) is 5.26 Å². The Bertz CT molecular complexity index is 730. The van der Waals surface area contributed by atoms with Crippen LogP contribution in [0.25, 0.3) is 11.3 Å². The normalized spacial score (nSPS) is 12.1. The molecular weight excluding hydrogens is 398 g/mol. The molecule has 0 bridgehead atoms. The number of thiazole rings is 1. The van der Waals surface area contributed by atoms with E-state index in [1.165, 1.54) is 11.3 Å². The van der Waals surface area contributed by atoms with Gasteiger partial charge in [0.25, 0.3) is 0 Å². The van der Waals surface area contributed by atoms with Crippen LogP contribution in [0.5, 0.6) is 0 Å². The molecule has 1 heterocycles. The SMILES string of the molecule is CCCN(CCC)CC(=O)[C@@H](C#N)c1nc(-c2ccc(Br)cc2)cs1. The molecule has 0 aliphatic carbocycles. The second-order valence-electron chi connectivity index (χ2n) is 5.88. The Labute approximate surface area is 161 Å². The van der Waals surface area contributed by atoms with Gasteiger partial charge in [-0.1, -0.05) is 41.9 Å². The molecule has 6 heteroatoms. The summed E-state index contributed by atoms with van der Waals surface area (Å²) in [6, 6.07) is 9.99. The summed E-state index contributed by atoms with van der Waals surface area (Å²) in [5, 5.41) is 12.0. The lowest BCUT2D eigenvalue weighted by atomic mass is 10.1. The standard InChI is InChI=1S/C19H22BrN3OS/c1-3-9-23(10-4-2)12-18(24)16(11-21)19-22-17(13-25-19)14-5-7-15(20)8-6-14/h5-8,13,16H,3-4,9-10,12H2,1-2H3/t16-/m1/s1. The molecule has 0 N–H and O–H groups in total. The summed E-state index contributed by atoms with van der Waals surface area (Å²) in [6.07, 6.45) is 1.99. The Kier molecular flexibility index (Phi) is 7.76. The van der Waals surface area contributed by atoms with Gasteiger partial charge in [-0.15, -0.1) is 11.3 Å². The van der Waals surface area contributed by atoms with Gasteiger partial charge < -0.3 is 0 Å². The highest BCUT2D eigenvalue weighted by Crippen LogP contribution is 2.28. The number of rotatable bonds is 9. The summed E-state index contributed by atoms with van der Waals surface area (Å²) in [6.45, 7) is 6.26. The fourth-order valence-electron chi connectivity index (χ4n) is 2.65. The summed E-state index contributed by atoms with van der Waals surface area (Å²) in [5.41, 5.74) is 1.79. The second kappa shape index (κ2) is 9.81. The summed E-state index contributed by atoms with van der Waals surface area (Å²) >= 11 is 4.79. The molecule has 0 amide bonds. The molecule has 0 radical (unpaired) electrons. The van der Waals surface area contributed by atoms with Crippen molar-refractivity contribution in [2.45, 2.75) is 32.6 Å². The number of carbonyl (C=O) groups is 1. The molecule has 0 spiro atoms. The molecule has 0 aliphatic rings. The molecule has 0 aliphatic heterocycles. The predicted molar refractivity (Wildman–Crippen MR) is 106 cm³/mol. The maximum absolute atomic E-state index is 12.6. The van der Waals surface area contributed by atoms with Gasteiger partial charge in [-0.05, 0) is 38.1 Å². The van der Waals surface area contributed by atoms with Crippen LogP contribution in [-0.2, 0) is 4.79 Å². The number of ketones is 1. The number of carbonyl (C=O) groups excluding carboxylic acids is 1. The average Bonchev–Trinajstić information content (AvgIpc) is 3.06. The van der Waals surface area contributed by atoms with Gasteiger partial charge in [0.1, 0.15) is 5.01 Å². The highest BCUT2D eigenvalue weighted by molar-refractivity contribution is 9.10. The largest absolute Gasteiger partial charge is 0.296 e. The van der Waals surface area contributed by atoms with Crippen LogP contribution < -0.4 is 0 Å². The van der Waals surface area contributed by atoms with Gasteiger partial charge in [0, 0.05) is 15.4 Å². The van der Waals surface area contributed by atoms with Crippen molar-refractivity contribution in [1.29, 1.82) is 5.26 Å². The Morgan fingerprint density at radius 3 is 2.48 bits per heavy atom. The minimum Gasteiger partial charge on any atom is -0.296 e. The van der Waals surface area contributed by atoms with Crippen molar-refractivity contribution in [2.24, 2.45) is 0 Å². The first-order valence-corrected chi connectivity index (χ1v) is 10.1. The highest BCUT2D eigenvalue weighted by Gasteiger charge is 2.25. The molecule has 25 heavy (non-hydrogen) atoms. The monoisotopic (exact) mass is 419 g/mol. The minimum atomic E-state index is -0.787. The number of Topliss-reactive ketones (excluding diaryl/α,β-unsaturated/α-hetero) is 1. The lowest BCUT2D eigenvalue weighted by Crippen LogP contribution is -2.33. The van der Waals surface area contributed by atoms with Crippen molar-refractivity contribution in [2.75, 3.05) is 19.6 Å². The van der Waals surface area contributed by atoms with E-state index in [0.717, 1.165) is 41.7 Å². The second-order valence-corrected chi connectivity index (χ2v) is 7.69. The Morgan fingerprint density at radius 1 is 1.28 bits per heavy atom. The zero-order valence-corrected chi connectivity index (χ0v) is 16.9. The topological polar surface area (TPSA) is 57.0 Å². The molecule has 1 aromatic carbocycles. The predicted octanol–water partition coefficient (Wildman–Crippen LogP) is 4.87. The Morgan fingerprint density at radius 2 is 1.92 bits per heavy atom. The van der Waals surface area contributed by atoms with Gasteiger partial charge >= 0.3 is 0 Å². The third kappa shape index (κ3) is 5.46. The summed E-state index contributed by atoms with van der Waals surface area (Å²) < 4.78 is 1.00.